The Kier molecular flexibility index (Phi) is 4.83. The van der Waals surface area contributed by atoms with E-state index in [4.69, 9.17) is 9.47 Å². The number of benzene rings is 6. The van der Waals surface area contributed by atoms with Crippen molar-refractivity contribution in [3.8, 4) is 17.2 Å². The largest absolute Gasteiger partial charge is 0.495 e. The number of carbonyl (C=O) groups is 1. The van der Waals surface area contributed by atoms with Gasteiger partial charge in [0.25, 0.3) is 0 Å². The third-order valence-corrected chi connectivity index (χ3v) is 8.50. The van der Waals surface area contributed by atoms with Gasteiger partial charge in [-0.25, -0.2) is 0 Å². The second-order valence-electron chi connectivity index (χ2n) is 10.4. The van der Waals surface area contributed by atoms with Gasteiger partial charge in [-0.3, -0.25) is 9.69 Å². The summed E-state index contributed by atoms with van der Waals surface area (Å²) in [6.07, 6.45) is 0. The molecule has 0 radical (unpaired) electrons. The van der Waals surface area contributed by atoms with Crippen LogP contribution < -0.4 is 14.4 Å². The summed E-state index contributed by atoms with van der Waals surface area (Å²) >= 11 is 0. The first kappa shape index (κ1) is 22.9. The first-order valence-corrected chi connectivity index (χ1v) is 13.5. The van der Waals surface area contributed by atoms with Gasteiger partial charge >= 0.3 is 0 Å². The minimum Gasteiger partial charge on any atom is -0.495 e. The Morgan fingerprint density at radius 1 is 0.675 bits per heavy atom. The van der Waals surface area contributed by atoms with Gasteiger partial charge in [-0.1, -0.05) is 97.1 Å². The lowest BCUT2D eigenvalue weighted by atomic mass is 9.57. The molecular weight excluding hydrogens is 494 g/mol. The Morgan fingerprint density at radius 3 is 1.82 bits per heavy atom. The van der Waals surface area contributed by atoms with Crippen LogP contribution >= 0.6 is 0 Å². The van der Waals surface area contributed by atoms with Gasteiger partial charge in [0.1, 0.15) is 22.7 Å². The highest BCUT2D eigenvalue weighted by Gasteiger charge is 2.67. The summed E-state index contributed by atoms with van der Waals surface area (Å²) in [5.74, 6) is 2.09. The molecule has 1 spiro atoms. The lowest BCUT2D eigenvalue weighted by Crippen LogP contribution is -2.67. The summed E-state index contributed by atoms with van der Waals surface area (Å²) in [7, 11) is 1.65. The van der Waals surface area contributed by atoms with Crippen LogP contribution in [-0.4, -0.2) is 13.0 Å². The monoisotopic (exact) mass is 519 g/mol. The number of para-hydroxylation sites is 4. The van der Waals surface area contributed by atoms with E-state index in [2.05, 4.69) is 54.6 Å². The van der Waals surface area contributed by atoms with Gasteiger partial charge in [-0.2, -0.15) is 0 Å². The van der Waals surface area contributed by atoms with Crippen LogP contribution in [0.5, 0.6) is 17.2 Å². The van der Waals surface area contributed by atoms with E-state index >= 15 is 4.79 Å². The number of carbonyl (C=O) groups excluding carboxylic acids is 1. The van der Waals surface area contributed by atoms with Crippen LogP contribution in [0.4, 0.5) is 5.69 Å². The molecule has 1 atom stereocenters. The van der Waals surface area contributed by atoms with Gasteiger partial charge in [-0.15, -0.1) is 0 Å². The summed E-state index contributed by atoms with van der Waals surface area (Å²) in [5.41, 5.74) is 2.65. The van der Waals surface area contributed by atoms with E-state index in [1.54, 1.807) is 7.11 Å². The van der Waals surface area contributed by atoms with Crippen molar-refractivity contribution in [1.29, 1.82) is 0 Å². The van der Waals surface area contributed by atoms with Crippen LogP contribution in [0.15, 0.2) is 127 Å². The van der Waals surface area contributed by atoms with Gasteiger partial charge in [0.15, 0.2) is 0 Å². The van der Waals surface area contributed by atoms with Crippen molar-refractivity contribution >= 4 is 33.1 Å². The summed E-state index contributed by atoms with van der Waals surface area (Å²) in [6, 6.07) is 42.5. The smallest absolute Gasteiger partial charge is 0.245 e. The SMILES string of the molecule is COc1ccccc1N1C(=O)C2(c3ccccc3Oc3ccccc32)[C@@H]1c1c2ccccc2cc2ccccc12. The van der Waals surface area contributed by atoms with Gasteiger partial charge in [-0.05, 0) is 57.4 Å². The van der Waals surface area contributed by atoms with E-state index in [9.17, 15) is 0 Å². The first-order chi connectivity index (χ1) is 19.7. The highest BCUT2D eigenvalue weighted by molar-refractivity contribution is 6.17. The van der Waals surface area contributed by atoms with Crippen LogP contribution in [0.2, 0.25) is 0 Å². The fourth-order valence-electron chi connectivity index (χ4n) is 6.87. The Morgan fingerprint density at radius 2 is 1.20 bits per heavy atom. The fourth-order valence-corrected chi connectivity index (χ4v) is 6.87. The predicted molar refractivity (Wildman–Crippen MR) is 158 cm³/mol. The molecule has 6 aromatic rings. The van der Waals surface area contributed by atoms with E-state index in [0.717, 1.165) is 43.9 Å². The van der Waals surface area contributed by atoms with Crippen LogP contribution in [0.25, 0.3) is 21.5 Å². The Balaban J connectivity index is 1.54. The molecule has 0 aliphatic carbocycles. The van der Waals surface area contributed by atoms with Crippen molar-refractivity contribution in [1.82, 2.24) is 0 Å². The molecule has 0 aromatic heterocycles. The Bertz CT molecular complexity index is 1880. The minimum atomic E-state index is -0.987. The number of nitrogens with zero attached hydrogens (tertiary/aromatic N) is 1. The zero-order chi connectivity index (χ0) is 26.8. The number of hydrogen-bond donors (Lipinski definition) is 0. The zero-order valence-electron chi connectivity index (χ0n) is 21.9. The van der Waals surface area contributed by atoms with Crippen molar-refractivity contribution in [3.05, 3.63) is 144 Å². The molecule has 1 saturated heterocycles. The number of hydrogen-bond acceptors (Lipinski definition) is 3. The van der Waals surface area contributed by atoms with Gasteiger partial charge < -0.3 is 9.47 Å². The first-order valence-electron chi connectivity index (χ1n) is 13.5. The van der Waals surface area contributed by atoms with Crippen LogP contribution in [-0.2, 0) is 10.2 Å². The Labute approximate surface area is 232 Å². The standard InChI is InChI=1S/C36H25NO3/c1-39-32-21-11-8-18-29(32)37-34(33-25-14-4-2-12-23(25)22-24-13-3-5-15-26(24)33)36(35(37)38)27-16-6-9-19-30(27)40-31-20-10-7-17-28(31)36/h2-22,34H,1H3/t34-/m0/s1. The van der Waals surface area contributed by atoms with Crippen molar-refractivity contribution in [3.63, 3.8) is 0 Å². The molecule has 1 fully saturated rings. The number of fused-ring (bicyclic) bond motifs is 6. The quantitative estimate of drug-likeness (QED) is 0.175. The zero-order valence-corrected chi connectivity index (χ0v) is 21.9. The van der Waals surface area contributed by atoms with Gasteiger partial charge in [0, 0.05) is 11.1 Å². The second-order valence-corrected chi connectivity index (χ2v) is 10.4. The maximum Gasteiger partial charge on any atom is 0.245 e. The molecule has 6 aromatic carbocycles. The molecule has 4 heteroatoms. The van der Waals surface area contributed by atoms with Crippen molar-refractivity contribution in [2.24, 2.45) is 0 Å². The molecule has 2 aliphatic rings. The average molecular weight is 520 g/mol. The van der Waals surface area contributed by atoms with Crippen molar-refractivity contribution in [2.75, 3.05) is 12.0 Å². The molecule has 192 valence electrons. The number of β-lactam (4-membered cyclic amide) rings is 1. The summed E-state index contributed by atoms with van der Waals surface area (Å²) < 4.78 is 12.2. The fraction of sp³-hybridized carbons (Fsp3) is 0.0833. The molecule has 0 unspecified atom stereocenters. The number of anilines is 1. The van der Waals surface area contributed by atoms with Gasteiger partial charge in [0.05, 0.1) is 18.8 Å². The third kappa shape index (κ3) is 2.88. The van der Waals surface area contributed by atoms with E-state index in [1.165, 1.54) is 0 Å². The molecule has 8 rings (SSSR count). The molecule has 2 heterocycles. The Hall–Kier alpha value is -5.09. The molecular formula is C36H25NO3. The number of ether oxygens (including phenoxy) is 2. The summed E-state index contributed by atoms with van der Waals surface area (Å²) in [6.45, 7) is 0. The van der Waals surface area contributed by atoms with Crippen LogP contribution in [0.1, 0.15) is 22.7 Å². The van der Waals surface area contributed by atoms with E-state index in [-0.39, 0.29) is 11.9 Å². The highest BCUT2D eigenvalue weighted by Crippen LogP contribution is 2.65. The lowest BCUT2D eigenvalue weighted by Gasteiger charge is -2.58. The van der Waals surface area contributed by atoms with Crippen LogP contribution in [0, 0.1) is 0 Å². The molecule has 2 aliphatic heterocycles. The summed E-state index contributed by atoms with van der Waals surface area (Å²) in [4.78, 5) is 16.9. The minimum absolute atomic E-state index is 0.00205. The molecule has 1 amide bonds. The lowest BCUT2D eigenvalue weighted by molar-refractivity contribution is -0.131. The summed E-state index contributed by atoms with van der Waals surface area (Å²) in [5, 5.41) is 4.53. The van der Waals surface area contributed by atoms with Crippen molar-refractivity contribution in [2.45, 2.75) is 11.5 Å². The average Bonchev–Trinajstić information content (AvgIpc) is 3.01. The topological polar surface area (TPSA) is 38.8 Å². The number of methoxy groups -OCH3 is 1. The molecule has 0 N–H and O–H groups in total. The third-order valence-electron chi connectivity index (χ3n) is 8.50. The molecule has 0 bridgehead atoms. The highest BCUT2D eigenvalue weighted by atomic mass is 16.5. The molecule has 4 nitrogen and oxygen atoms in total. The van der Waals surface area contributed by atoms with E-state index in [1.807, 2.05) is 77.7 Å². The number of rotatable bonds is 3. The maximum absolute atomic E-state index is 15.0. The maximum atomic E-state index is 15.0. The van der Waals surface area contributed by atoms with E-state index in [0.29, 0.717) is 17.2 Å². The van der Waals surface area contributed by atoms with Crippen molar-refractivity contribution < 1.29 is 14.3 Å². The molecule has 0 saturated carbocycles. The van der Waals surface area contributed by atoms with Gasteiger partial charge in [0.2, 0.25) is 5.91 Å². The van der Waals surface area contributed by atoms with E-state index < -0.39 is 5.41 Å². The second kappa shape index (κ2) is 8.45. The van der Waals surface area contributed by atoms with Crippen LogP contribution in [0.3, 0.4) is 0 Å². The predicted octanol–water partition coefficient (Wildman–Crippen LogP) is 8.18. The normalized spacial score (nSPS) is 16.8. The number of amides is 1. The molecule has 40 heavy (non-hydrogen) atoms.